The van der Waals surface area contributed by atoms with Crippen molar-refractivity contribution in [2.45, 2.75) is 44.8 Å². The second kappa shape index (κ2) is 9.39. The summed E-state index contributed by atoms with van der Waals surface area (Å²) in [7, 11) is 0. The summed E-state index contributed by atoms with van der Waals surface area (Å²) >= 11 is 1.38. The average Bonchev–Trinajstić information content (AvgIpc) is 3.02. The van der Waals surface area contributed by atoms with Crippen LogP contribution in [0.4, 0.5) is 0 Å². The van der Waals surface area contributed by atoms with E-state index < -0.39 is 0 Å². The van der Waals surface area contributed by atoms with Crippen LogP contribution in [-0.2, 0) is 11.2 Å². The van der Waals surface area contributed by atoms with Gasteiger partial charge in [0.05, 0.1) is 5.75 Å². The molecule has 1 aromatic heterocycles. The fraction of sp³-hybridized carbons (Fsp3) is 0.812. The number of carbonyl (C=O) groups is 1. The van der Waals surface area contributed by atoms with Crippen molar-refractivity contribution < 1.29 is 9.90 Å². The number of aryl methyl sites for hydroxylation is 1. The zero-order chi connectivity index (χ0) is 17.5. The zero-order valence-electron chi connectivity index (χ0n) is 14.9. The number of aromatic nitrogens is 3. The maximum Gasteiger partial charge on any atom is 0.233 e. The summed E-state index contributed by atoms with van der Waals surface area (Å²) in [6.07, 6.45) is 1.52. The molecule has 0 aromatic carbocycles. The summed E-state index contributed by atoms with van der Waals surface area (Å²) in [5.41, 5.74) is 0. The lowest BCUT2D eigenvalue weighted by molar-refractivity contribution is -0.131. The molecule has 0 bridgehead atoms. The Bertz CT molecular complexity index is 522. The topological polar surface area (TPSA) is 85.3 Å². The molecule has 7 nitrogen and oxygen atoms in total. The fourth-order valence-corrected chi connectivity index (χ4v) is 3.69. The molecule has 0 radical (unpaired) electrons. The molecule has 0 saturated carbocycles. The van der Waals surface area contributed by atoms with Crippen molar-refractivity contribution in [3.05, 3.63) is 5.82 Å². The number of piperazine rings is 1. The smallest absolute Gasteiger partial charge is 0.233 e. The van der Waals surface area contributed by atoms with Crippen molar-refractivity contribution in [2.24, 2.45) is 5.92 Å². The average molecular weight is 356 g/mol. The minimum absolute atomic E-state index is 0.120. The number of H-pyrrole nitrogens is 1. The minimum atomic E-state index is 0.120. The van der Waals surface area contributed by atoms with Crippen molar-refractivity contribution in [2.75, 3.05) is 38.5 Å². The van der Waals surface area contributed by atoms with E-state index in [1.807, 2.05) is 11.8 Å². The van der Waals surface area contributed by atoms with Gasteiger partial charge in [-0.1, -0.05) is 32.5 Å². The van der Waals surface area contributed by atoms with Gasteiger partial charge in [-0.15, -0.1) is 5.10 Å². The van der Waals surface area contributed by atoms with E-state index in [0.29, 0.717) is 29.8 Å². The zero-order valence-corrected chi connectivity index (χ0v) is 15.7. The molecule has 0 unspecified atom stereocenters. The highest BCUT2D eigenvalue weighted by Gasteiger charge is 2.29. The summed E-state index contributed by atoms with van der Waals surface area (Å²) in [5, 5.41) is 16.9. The monoisotopic (exact) mass is 355 g/mol. The first kappa shape index (κ1) is 19.2. The standard InChI is InChI=1S/C16H29N5O2S/c1-4-14-17-16(19-18-14)24-11-15(23)21-7-6-20(9-12(2)3)13(10-21)5-8-22/h12-13,22H,4-11H2,1-3H3,(H,17,18,19)/t13-/m1/s1. The Morgan fingerprint density at radius 3 is 2.88 bits per heavy atom. The summed E-state index contributed by atoms with van der Waals surface area (Å²) in [5.74, 6) is 1.91. The Labute approximate surface area is 148 Å². The van der Waals surface area contributed by atoms with E-state index in [-0.39, 0.29) is 18.6 Å². The van der Waals surface area contributed by atoms with E-state index in [9.17, 15) is 9.90 Å². The van der Waals surface area contributed by atoms with Crippen LogP contribution in [0.1, 0.15) is 33.0 Å². The van der Waals surface area contributed by atoms with Crippen LogP contribution in [0, 0.1) is 5.92 Å². The number of nitrogens with one attached hydrogen (secondary N) is 1. The van der Waals surface area contributed by atoms with Crippen LogP contribution >= 0.6 is 11.8 Å². The first-order valence-electron chi connectivity index (χ1n) is 8.70. The molecule has 24 heavy (non-hydrogen) atoms. The lowest BCUT2D eigenvalue weighted by Gasteiger charge is -2.42. The molecule has 1 saturated heterocycles. The van der Waals surface area contributed by atoms with Crippen molar-refractivity contribution in [1.29, 1.82) is 0 Å². The molecule has 2 heterocycles. The second-order valence-corrected chi connectivity index (χ2v) is 7.54. The van der Waals surface area contributed by atoms with E-state index in [2.05, 4.69) is 33.9 Å². The van der Waals surface area contributed by atoms with Gasteiger partial charge in [-0.25, -0.2) is 4.98 Å². The molecule has 1 aliphatic heterocycles. The van der Waals surface area contributed by atoms with Gasteiger partial charge in [0, 0.05) is 45.2 Å². The van der Waals surface area contributed by atoms with E-state index in [1.54, 1.807) is 0 Å². The SMILES string of the molecule is CCc1nc(SCC(=O)N2CCN(CC(C)C)[C@H](CCO)C2)n[nH]1. The third-order valence-electron chi connectivity index (χ3n) is 4.19. The number of carbonyl (C=O) groups excluding carboxylic acids is 1. The van der Waals surface area contributed by atoms with Gasteiger partial charge in [0.2, 0.25) is 11.1 Å². The highest BCUT2D eigenvalue weighted by atomic mass is 32.2. The van der Waals surface area contributed by atoms with Gasteiger partial charge in [-0.05, 0) is 12.3 Å². The lowest BCUT2D eigenvalue weighted by Crippen LogP contribution is -2.56. The third kappa shape index (κ3) is 5.46. The highest BCUT2D eigenvalue weighted by Crippen LogP contribution is 2.18. The number of aliphatic hydroxyl groups is 1. The number of rotatable bonds is 8. The normalized spacial score (nSPS) is 19.2. The number of nitrogens with zero attached hydrogens (tertiary/aromatic N) is 4. The predicted octanol–water partition coefficient (Wildman–Crippen LogP) is 1.01. The van der Waals surface area contributed by atoms with Crippen LogP contribution in [0.25, 0.3) is 0 Å². The first-order chi connectivity index (χ1) is 11.5. The van der Waals surface area contributed by atoms with Gasteiger partial charge in [-0.3, -0.25) is 14.8 Å². The largest absolute Gasteiger partial charge is 0.396 e. The summed E-state index contributed by atoms with van der Waals surface area (Å²) < 4.78 is 0. The molecule has 2 N–H and O–H groups in total. The molecule has 8 heteroatoms. The van der Waals surface area contributed by atoms with Gasteiger partial charge in [-0.2, -0.15) is 0 Å². The highest BCUT2D eigenvalue weighted by molar-refractivity contribution is 7.99. The fourth-order valence-electron chi connectivity index (χ4n) is 2.97. The van der Waals surface area contributed by atoms with Crippen LogP contribution in [0.5, 0.6) is 0 Å². The van der Waals surface area contributed by atoms with Crippen molar-refractivity contribution >= 4 is 17.7 Å². The van der Waals surface area contributed by atoms with Crippen LogP contribution in [0.15, 0.2) is 5.16 Å². The maximum absolute atomic E-state index is 12.5. The summed E-state index contributed by atoms with van der Waals surface area (Å²) in [4.78, 5) is 21.1. The molecule has 0 aliphatic carbocycles. The number of aromatic amines is 1. The number of thioether (sulfide) groups is 1. The Hall–Kier alpha value is -1.12. The number of amides is 1. The molecule has 1 aliphatic rings. The quantitative estimate of drug-likeness (QED) is 0.677. The van der Waals surface area contributed by atoms with E-state index >= 15 is 0 Å². The van der Waals surface area contributed by atoms with Gasteiger partial charge in [0.25, 0.3) is 0 Å². The van der Waals surface area contributed by atoms with Gasteiger partial charge >= 0.3 is 0 Å². The summed E-state index contributed by atoms with van der Waals surface area (Å²) in [6.45, 7) is 9.91. The van der Waals surface area contributed by atoms with E-state index in [1.165, 1.54) is 11.8 Å². The van der Waals surface area contributed by atoms with Crippen molar-refractivity contribution in [3.8, 4) is 0 Å². The van der Waals surface area contributed by atoms with Gasteiger partial charge < -0.3 is 10.0 Å². The van der Waals surface area contributed by atoms with Crippen LogP contribution in [0.3, 0.4) is 0 Å². The van der Waals surface area contributed by atoms with Gasteiger partial charge in [0.1, 0.15) is 5.82 Å². The van der Waals surface area contributed by atoms with E-state index in [4.69, 9.17) is 0 Å². The maximum atomic E-state index is 12.5. The van der Waals surface area contributed by atoms with Crippen LogP contribution in [-0.4, -0.2) is 80.6 Å². The Balaban J connectivity index is 1.85. The molecular formula is C16H29N5O2S. The Kier molecular flexibility index (Phi) is 7.51. The first-order valence-corrected chi connectivity index (χ1v) is 9.68. The Morgan fingerprint density at radius 1 is 1.46 bits per heavy atom. The number of hydrogen-bond donors (Lipinski definition) is 2. The molecule has 1 aromatic rings. The number of aliphatic hydroxyl groups excluding tert-OH is 1. The van der Waals surface area contributed by atoms with Gasteiger partial charge in [0.15, 0.2) is 0 Å². The van der Waals surface area contributed by atoms with Crippen molar-refractivity contribution in [3.63, 3.8) is 0 Å². The van der Waals surface area contributed by atoms with Crippen LogP contribution in [0.2, 0.25) is 0 Å². The third-order valence-corrected chi connectivity index (χ3v) is 5.02. The lowest BCUT2D eigenvalue weighted by atomic mass is 10.1. The molecule has 1 fully saturated rings. The molecule has 1 atom stereocenters. The number of hydrogen-bond acceptors (Lipinski definition) is 6. The predicted molar refractivity (Wildman–Crippen MR) is 95.0 cm³/mol. The van der Waals surface area contributed by atoms with E-state index in [0.717, 1.165) is 31.9 Å². The molecular weight excluding hydrogens is 326 g/mol. The molecule has 1 amide bonds. The van der Waals surface area contributed by atoms with Crippen LogP contribution < -0.4 is 0 Å². The molecule has 0 spiro atoms. The van der Waals surface area contributed by atoms with Crippen molar-refractivity contribution in [1.82, 2.24) is 25.0 Å². The Morgan fingerprint density at radius 2 is 2.25 bits per heavy atom. The molecule has 2 rings (SSSR count). The molecule has 136 valence electrons. The minimum Gasteiger partial charge on any atom is -0.396 e. The summed E-state index contributed by atoms with van der Waals surface area (Å²) in [6, 6.07) is 0.246. The second-order valence-electron chi connectivity index (χ2n) is 6.60.